The van der Waals surface area contributed by atoms with Gasteiger partial charge in [0.2, 0.25) is 5.91 Å². The second-order valence-corrected chi connectivity index (χ2v) is 8.07. The van der Waals surface area contributed by atoms with Crippen LogP contribution in [0.4, 0.5) is 13.2 Å². The van der Waals surface area contributed by atoms with Crippen molar-refractivity contribution in [1.29, 1.82) is 0 Å². The Hall–Kier alpha value is -1.01. The highest BCUT2D eigenvalue weighted by Gasteiger charge is 2.55. The van der Waals surface area contributed by atoms with Crippen LogP contribution in [0, 0.1) is 0 Å². The first kappa shape index (κ1) is 20.3. The van der Waals surface area contributed by atoms with Gasteiger partial charge in [-0.2, -0.15) is 25.8 Å². The highest BCUT2D eigenvalue weighted by Crippen LogP contribution is 2.44. The quantitative estimate of drug-likeness (QED) is 0.448. The summed E-state index contributed by atoms with van der Waals surface area (Å²) < 4.78 is 36.2. The molecule has 0 bridgehead atoms. The lowest BCUT2D eigenvalue weighted by Crippen LogP contribution is -2.71. The Morgan fingerprint density at radius 3 is 2.60 bits per heavy atom. The number of hydrogen-bond acceptors (Lipinski definition) is 6. The largest absolute Gasteiger partial charge is 0.477 e. The minimum Gasteiger partial charge on any atom is -0.477 e. The van der Waals surface area contributed by atoms with Crippen LogP contribution >= 0.6 is 36.2 Å². The lowest BCUT2D eigenvalue weighted by molar-refractivity contribution is -0.150. The van der Waals surface area contributed by atoms with Crippen LogP contribution in [0.2, 0.25) is 0 Å². The molecule has 0 aliphatic carbocycles. The molecule has 0 aromatic carbocycles. The van der Waals surface area contributed by atoms with Crippen LogP contribution in [0.15, 0.2) is 11.3 Å². The predicted octanol–water partition coefficient (Wildman–Crippen LogP) is 1.34. The van der Waals surface area contributed by atoms with Crippen molar-refractivity contribution >= 4 is 53.9 Å². The highest BCUT2D eigenvalue weighted by atomic mass is 32.2. The molecule has 2 N–H and O–H groups in total. The van der Waals surface area contributed by atoms with Crippen LogP contribution in [0.5, 0.6) is 0 Å². The molecule has 0 saturated carbocycles. The Morgan fingerprint density at radius 1 is 1.44 bits per heavy atom. The summed E-state index contributed by atoms with van der Waals surface area (Å²) in [5.74, 6) is -3.76. The van der Waals surface area contributed by atoms with E-state index in [1.165, 1.54) is 11.8 Å². The van der Waals surface area contributed by atoms with Gasteiger partial charge in [-0.1, -0.05) is 0 Å². The average Bonchev–Trinajstić information content (AvgIpc) is 2.50. The molecule has 25 heavy (non-hydrogen) atoms. The van der Waals surface area contributed by atoms with E-state index in [4.69, 9.17) is 0 Å². The monoisotopic (exact) mass is 416 g/mol. The Bertz CT molecular complexity index is 626. The molecule has 2 rings (SSSR count). The van der Waals surface area contributed by atoms with E-state index in [2.05, 4.69) is 17.9 Å². The molecule has 2 aliphatic heterocycles. The van der Waals surface area contributed by atoms with E-state index in [-0.39, 0.29) is 10.9 Å². The third kappa shape index (κ3) is 4.40. The minimum absolute atomic E-state index is 0.121. The molecule has 0 aromatic rings. The van der Waals surface area contributed by atoms with Crippen molar-refractivity contribution in [3.63, 3.8) is 0 Å². The van der Waals surface area contributed by atoms with Crippen molar-refractivity contribution in [1.82, 2.24) is 10.2 Å². The Labute approximate surface area is 155 Å². The maximum atomic E-state index is 12.2. The van der Waals surface area contributed by atoms with Crippen molar-refractivity contribution in [2.24, 2.45) is 0 Å². The summed E-state index contributed by atoms with van der Waals surface area (Å²) in [7, 11) is 0. The summed E-state index contributed by atoms with van der Waals surface area (Å²) >= 11 is 5.87. The molecule has 3 atom stereocenters. The van der Waals surface area contributed by atoms with E-state index in [1.54, 1.807) is 6.92 Å². The lowest BCUT2D eigenvalue weighted by Gasteiger charge is -2.51. The summed E-state index contributed by atoms with van der Waals surface area (Å²) in [5.41, 5.74) is 0.396. The smallest absolute Gasteiger partial charge is 0.397 e. The number of halogens is 3. The molecular weight excluding hydrogens is 401 g/mol. The minimum atomic E-state index is -4.37. The van der Waals surface area contributed by atoms with Crippen LogP contribution in [-0.2, 0) is 14.4 Å². The molecule has 6 nitrogen and oxygen atoms in total. The second-order valence-electron chi connectivity index (χ2n) is 5.40. The van der Waals surface area contributed by atoms with E-state index < -0.39 is 46.9 Å². The van der Waals surface area contributed by atoms with E-state index >= 15 is 0 Å². The first-order chi connectivity index (χ1) is 11.6. The summed E-state index contributed by atoms with van der Waals surface area (Å²) in [5, 5.41) is 10.9. The third-order valence-corrected chi connectivity index (χ3v) is 6.85. The molecule has 2 unspecified atom stereocenters. The zero-order valence-electron chi connectivity index (χ0n) is 12.9. The van der Waals surface area contributed by atoms with Crippen molar-refractivity contribution in [2.75, 3.05) is 17.3 Å². The zero-order valence-corrected chi connectivity index (χ0v) is 15.4. The molecule has 140 valence electrons. The molecule has 2 heterocycles. The number of hydrogen-bond donors (Lipinski definition) is 3. The van der Waals surface area contributed by atoms with Gasteiger partial charge in [0.25, 0.3) is 5.91 Å². The van der Waals surface area contributed by atoms with Gasteiger partial charge in [0, 0.05) is 11.0 Å². The van der Waals surface area contributed by atoms with Crippen LogP contribution in [0.25, 0.3) is 0 Å². The van der Waals surface area contributed by atoms with Gasteiger partial charge in [0.05, 0.1) is 11.5 Å². The molecule has 0 aromatic heterocycles. The van der Waals surface area contributed by atoms with Gasteiger partial charge in [-0.05, 0) is 12.5 Å². The fourth-order valence-corrected chi connectivity index (χ4v) is 5.06. The highest BCUT2D eigenvalue weighted by molar-refractivity contribution is 8.01. The number of carboxylic acid groups (broad SMARTS) is 1. The number of carboxylic acids is 1. The molecule has 1 saturated heterocycles. The summed E-state index contributed by atoms with van der Waals surface area (Å²) in [4.78, 5) is 36.5. The number of thiol groups is 1. The van der Waals surface area contributed by atoms with Gasteiger partial charge in [0.1, 0.15) is 17.1 Å². The number of carbonyl (C=O) groups excluding carboxylic acids is 2. The van der Waals surface area contributed by atoms with E-state index in [9.17, 15) is 32.7 Å². The summed E-state index contributed by atoms with van der Waals surface area (Å²) in [6.45, 7) is 1.61. The maximum Gasteiger partial charge on any atom is 0.397 e. The van der Waals surface area contributed by atoms with Gasteiger partial charge in [0.15, 0.2) is 0 Å². The number of nitrogens with zero attached hydrogens (tertiary/aromatic N) is 1. The Morgan fingerprint density at radius 2 is 2.08 bits per heavy atom. The zero-order chi connectivity index (χ0) is 18.9. The number of amides is 2. The van der Waals surface area contributed by atoms with Crippen molar-refractivity contribution < 1.29 is 32.7 Å². The van der Waals surface area contributed by atoms with E-state index in [1.807, 2.05) is 0 Å². The first-order valence-electron chi connectivity index (χ1n) is 7.04. The van der Waals surface area contributed by atoms with E-state index in [0.717, 1.165) is 4.90 Å². The van der Waals surface area contributed by atoms with Crippen molar-refractivity contribution in [3.8, 4) is 0 Å². The summed E-state index contributed by atoms with van der Waals surface area (Å²) in [6, 6.07) is -0.950. The number of aliphatic carboxylic acids is 1. The summed E-state index contributed by atoms with van der Waals surface area (Å²) in [6.07, 6.45) is -4.37. The fraction of sp³-hybridized carbons (Fsp3) is 0.615. The topological polar surface area (TPSA) is 86.7 Å². The molecule has 12 heteroatoms. The van der Waals surface area contributed by atoms with Gasteiger partial charge in [-0.15, -0.1) is 23.5 Å². The predicted molar refractivity (Wildman–Crippen MR) is 91.5 cm³/mol. The molecule has 1 fully saturated rings. The van der Waals surface area contributed by atoms with Gasteiger partial charge in [-0.25, -0.2) is 4.79 Å². The van der Waals surface area contributed by atoms with Crippen LogP contribution in [0.1, 0.15) is 6.92 Å². The van der Waals surface area contributed by atoms with Gasteiger partial charge in [-0.3, -0.25) is 14.5 Å². The lowest BCUT2D eigenvalue weighted by atomic mass is 10.0. The van der Waals surface area contributed by atoms with Crippen LogP contribution in [-0.4, -0.2) is 67.9 Å². The maximum absolute atomic E-state index is 12.2. The van der Waals surface area contributed by atoms with E-state index in [0.29, 0.717) is 23.1 Å². The molecular formula is C13H15F3N2O4S3. The molecule has 2 amide bonds. The number of fused-ring (bicyclic) bond motifs is 1. The fourth-order valence-electron chi connectivity index (χ4n) is 2.51. The van der Waals surface area contributed by atoms with Gasteiger partial charge >= 0.3 is 12.1 Å². The van der Waals surface area contributed by atoms with Crippen LogP contribution in [0.3, 0.4) is 0 Å². The molecule has 0 radical (unpaired) electrons. The first-order valence-corrected chi connectivity index (χ1v) is 9.77. The Balaban J connectivity index is 2.01. The van der Waals surface area contributed by atoms with Crippen LogP contribution < -0.4 is 5.32 Å². The number of rotatable bonds is 6. The Kier molecular flexibility index (Phi) is 6.26. The second kappa shape index (κ2) is 7.70. The number of nitrogens with one attached hydrogen (secondary N) is 1. The van der Waals surface area contributed by atoms with Crippen molar-refractivity contribution in [3.05, 3.63) is 11.3 Å². The number of β-lactam (4-membered cyclic amide) rings is 1. The average molecular weight is 416 g/mol. The normalized spacial score (nSPS) is 26.2. The number of alkyl halides is 3. The van der Waals surface area contributed by atoms with Gasteiger partial charge < -0.3 is 10.4 Å². The number of thioether (sulfide) groups is 2. The SMILES string of the molecule is CC1=C(C(=O)O)N2C(=O)C(NC(=O)CSCC(F)(F)F)[C@H]2SC1CS. The van der Waals surface area contributed by atoms with Crippen molar-refractivity contribution in [2.45, 2.75) is 29.8 Å². The molecule has 2 aliphatic rings. The number of carbonyl (C=O) groups is 3. The standard InChI is InChI=1S/C13H15F3N2O4S3/c1-5-6(2-23)25-11-8(10(20)18(11)9(5)12(21)22)17-7(19)3-24-4-13(14,15)16/h6,8,11,23H,2-4H2,1H3,(H,17,19)(H,21,22)/t6?,8?,11-/m1/s1. The third-order valence-electron chi connectivity index (χ3n) is 3.63. The molecule has 0 spiro atoms.